The van der Waals surface area contributed by atoms with Gasteiger partial charge in [-0.2, -0.15) is 0 Å². The fraction of sp³-hybridized carbons (Fsp3) is 0.409. The molecule has 2 aromatic carbocycles. The number of guanidine groups is 1. The van der Waals surface area contributed by atoms with Crippen molar-refractivity contribution in [3.63, 3.8) is 0 Å². The van der Waals surface area contributed by atoms with E-state index in [2.05, 4.69) is 70.4 Å². The van der Waals surface area contributed by atoms with E-state index in [0.29, 0.717) is 12.5 Å². The molecule has 3 N–H and O–H groups in total. The Bertz CT molecular complexity index is 763. The lowest BCUT2D eigenvalue weighted by Gasteiger charge is -2.34. The summed E-state index contributed by atoms with van der Waals surface area (Å²) in [6, 6.07) is 16.7. The van der Waals surface area contributed by atoms with E-state index in [4.69, 9.17) is 5.73 Å². The van der Waals surface area contributed by atoms with Gasteiger partial charge in [0.05, 0.1) is 6.54 Å². The molecular formula is C22H31N5. The number of benzene rings is 2. The number of nitrogens with two attached hydrogens (primary N) is 1. The van der Waals surface area contributed by atoms with Crippen LogP contribution in [0.25, 0.3) is 0 Å². The van der Waals surface area contributed by atoms with E-state index in [9.17, 15) is 0 Å². The van der Waals surface area contributed by atoms with Gasteiger partial charge in [-0.05, 0) is 42.3 Å². The fourth-order valence-corrected chi connectivity index (χ4v) is 3.45. The first-order chi connectivity index (χ1) is 13.1. The molecule has 0 spiro atoms. The monoisotopic (exact) mass is 365 g/mol. The highest BCUT2D eigenvalue weighted by Gasteiger charge is 2.16. The van der Waals surface area contributed by atoms with Gasteiger partial charge in [-0.3, -0.25) is 4.90 Å². The summed E-state index contributed by atoms with van der Waals surface area (Å²) in [7, 11) is 0. The van der Waals surface area contributed by atoms with Crippen molar-refractivity contribution < 1.29 is 0 Å². The van der Waals surface area contributed by atoms with Gasteiger partial charge in [0.2, 0.25) is 0 Å². The molecule has 0 radical (unpaired) electrons. The number of nitrogens with one attached hydrogen (secondary N) is 1. The molecular weight excluding hydrogens is 334 g/mol. The molecule has 1 fully saturated rings. The molecule has 0 aliphatic carbocycles. The molecule has 27 heavy (non-hydrogen) atoms. The third kappa shape index (κ3) is 5.81. The van der Waals surface area contributed by atoms with Crippen molar-refractivity contribution in [3.05, 3.63) is 65.2 Å². The summed E-state index contributed by atoms with van der Waals surface area (Å²) in [6.45, 7) is 11.6. The van der Waals surface area contributed by atoms with Crippen molar-refractivity contribution in [2.24, 2.45) is 10.7 Å². The smallest absolute Gasteiger partial charge is 0.193 e. The first-order valence-corrected chi connectivity index (χ1v) is 9.79. The van der Waals surface area contributed by atoms with Crippen LogP contribution in [0.5, 0.6) is 0 Å². The minimum Gasteiger partial charge on any atom is -0.370 e. The maximum Gasteiger partial charge on any atom is 0.193 e. The lowest BCUT2D eigenvalue weighted by Crippen LogP contribution is -2.45. The Hall–Kier alpha value is -2.37. The highest BCUT2D eigenvalue weighted by Crippen LogP contribution is 2.15. The number of hydrogen-bond acceptors (Lipinski definition) is 3. The van der Waals surface area contributed by atoms with E-state index in [1.165, 1.54) is 16.7 Å². The summed E-state index contributed by atoms with van der Waals surface area (Å²) in [4.78, 5) is 9.59. The summed E-state index contributed by atoms with van der Waals surface area (Å²) < 4.78 is 0. The Balaban J connectivity index is 1.60. The van der Waals surface area contributed by atoms with E-state index in [-0.39, 0.29) is 0 Å². The van der Waals surface area contributed by atoms with Crippen molar-refractivity contribution in [2.75, 3.05) is 38.0 Å². The predicted molar refractivity (Wildman–Crippen MR) is 114 cm³/mol. The number of piperazine rings is 1. The Labute approximate surface area is 162 Å². The number of nitrogens with zero attached hydrogens (tertiary/aromatic N) is 3. The number of anilines is 1. The van der Waals surface area contributed by atoms with E-state index in [1.807, 2.05) is 12.1 Å². The molecule has 5 heteroatoms. The molecule has 3 rings (SSSR count). The lowest BCUT2D eigenvalue weighted by atomic mass is 10.1. The summed E-state index contributed by atoms with van der Waals surface area (Å²) in [6.07, 6.45) is 0. The number of aliphatic imine (C=N–C) groups is 1. The van der Waals surface area contributed by atoms with Crippen molar-refractivity contribution in [2.45, 2.75) is 26.9 Å². The Kier molecular flexibility index (Phi) is 6.85. The van der Waals surface area contributed by atoms with Crippen molar-refractivity contribution in [3.8, 4) is 0 Å². The van der Waals surface area contributed by atoms with Gasteiger partial charge >= 0.3 is 0 Å². The zero-order chi connectivity index (χ0) is 19.1. The van der Waals surface area contributed by atoms with Crippen LogP contribution in [0.4, 0.5) is 5.69 Å². The van der Waals surface area contributed by atoms with Gasteiger partial charge in [-0.1, -0.05) is 43.3 Å². The molecule has 1 saturated heterocycles. The molecule has 144 valence electrons. The minimum absolute atomic E-state index is 0.451. The first kappa shape index (κ1) is 19.4. The van der Waals surface area contributed by atoms with E-state index < -0.39 is 0 Å². The highest BCUT2D eigenvalue weighted by atomic mass is 15.3. The van der Waals surface area contributed by atoms with Crippen LogP contribution in [0.2, 0.25) is 0 Å². The summed E-state index contributed by atoms with van der Waals surface area (Å²) in [5.74, 6) is 0.451. The minimum atomic E-state index is 0.451. The third-order valence-corrected chi connectivity index (χ3v) is 5.13. The molecule has 1 heterocycles. The van der Waals surface area contributed by atoms with Gasteiger partial charge in [0.1, 0.15) is 0 Å². The van der Waals surface area contributed by atoms with Crippen LogP contribution in [0.15, 0.2) is 53.5 Å². The predicted octanol–water partition coefficient (Wildman–Crippen LogP) is 3.06. The molecule has 0 amide bonds. The van der Waals surface area contributed by atoms with Gasteiger partial charge < -0.3 is 16.0 Å². The summed E-state index contributed by atoms with van der Waals surface area (Å²) in [5, 5.41) is 3.18. The normalized spacial score (nSPS) is 16.4. The fourth-order valence-electron chi connectivity index (χ4n) is 3.45. The number of hydrogen-bond donors (Lipinski definition) is 2. The zero-order valence-electron chi connectivity index (χ0n) is 16.5. The molecule has 0 saturated carbocycles. The van der Waals surface area contributed by atoms with Crippen LogP contribution in [0.3, 0.4) is 0 Å². The maximum atomic E-state index is 6.09. The van der Waals surface area contributed by atoms with Crippen LogP contribution in [0.1, 0.15) is 23.6 Å². The van der Waals surface area contributed by atoms with E-state index in [0.717, 1.165) is 45.0 Å². The number of rotatable bonds is 6. The van der Waals surface area contributed by atoms with Crippen LogP contribution in [-0.4, -0.2) is 48.5 Å². The van der Waals surface area contributed by atoms with Gasteiger partial charge in [0.25, 0.3) is 0 Å². The van der Waals surface area contributed by atoms with Crippen molar-refractivity contribution >= 4 is 11.6 Å². The molecule has 0 unspecified atom stereocenters. The Morgan fingerprint density at radius 1 is 1.00 bits per heavy atom. The summed E-state index contributed by atoms with van der Waals surface area (Å²) in [5.41, 5.74) is 10.8. The average Bonchev–Trinajstić information content (AvgIpc) is 2.68. The van der Waals surface area contributed by atoms with Crippen LogP contribution < -0.4 is 11.1 Å². The lowest BCUT2D eigenvalue weighted by molar-refractivity contribution is 0.131. The highest BCUT2D eigenvalue weighted by molar-refractivity contribution is 5.92. The van der Waals surface area contributed by atoms with Crippen LogP contribution in [-0.2, 0) is 13.1 Å². The molecule has 0 aromatic heterocycles. The van der Waals surface area contributed by atoms with E-state index in [1.54, 1.807) is 0 Å². The molecule has 2 aromatic rings. The average molecular weight is 366 g/mol. The second-order valence-electron chi connectivity index (χ2n) is 7.18. The molecule has 1 aliphatic heterocycles. The largest absolute Gasteiger partial charge is 0.370 e. The van der Waals surface area contributed by atoms with Crippen molar-refractivity contribution in [1.29, 1.82) is 0 Å². The Morgan fingerprint density at radius 3 is 2.41 bits per heavy atom. The third-order valence-electron chi connectivity index (χ3n) is 5.13. The second-order valence-corrected chi connectivity index (χ2v) is 7.18. The summed E-state index contributed by atoms with van der Waals surface area (Å²) >= 11 is 0. The number of likely N-dealkylation sites (N-methyl/N-ethyl adjacent to an activating group) is 1. The van der Waals surface area contributed by atoms with Crippen molar-refractivity contribution in [1.82, 2.24) is 9.80 Å². The maximum absolute atomic E-state index is 6.09. The topological polar surface area (TPSA) is 56.9 Å². The standard InChI is InChI=1S/C22H31N5/c1-3-26-11-13-27(14-12-26)17-20-9-5-4-8-19(20)16-24-22(23)25-21-10-6-7-18(2)15-21/h4-10,15H,3,11-14,16-17H2,1-2H3,(H3,23,24,25). The van der Waals surface area contributed by atoms with Gasteiger partial charge in [-0.15, -0.1) is 0 Å². The SMILES string of the molecule is CCN1CCN(Cc2ccccc2CN=C(N)Nc2cccc(C)c2)CC1. The van der Waals surface area contributed by atoms with Gasteiger partial charge in [-0.25, -0.2) is 4.99 Å². The molecule has 5 nitrogen and oxygen atoms in total. The van der Waals surface area contributed by atoms with Crippen LogP contribution >= 0.6 is 0 Å². The first-order valence-electron chi connectivity index (χ1n) is 9.79. The molecule has 1 aliphatic rings. The second kappa shape index (κ2) is 9.53. The van der Waals surface area contributed by atoms with Crippen LogP contribution in [0, 0.1) is 6.92 Å². The quantitative estimate of drug-likeness (QED) is 0.610. The Morgan fingerprint density at radius 2 is 1.70 bits per heavy atom. The van der Waals surface area contributed by atoms with Gasteiger partial charge in [0, 0.05) is 38.4 Å². The number of aryl methyl sites for hydroxylation is 1. The molecule has 0 atom stereocenters. The van der Waals surface area contributed by atoms with E-state index >= 15 is 0 Å². The zero-order valence-corrected chi connectivity index (χ0v) is 16.5. The van der Waals surface area contributed by atoms with Gasteiger partial charge in [0.15, 0.2) is 5.96 Å². The molecule has 0 bridgehead atoms.